The average Bonchev–Trinajstić information content (AvgIpc) is 2.73. The van der Waals surface area contributed by atoms with Gasteiger partial charge in [-0.15, -0.1) is 0 Å². The Balaban J connectivity index is 2.27. The Morgan fingerprint density at radius 2 is 2.06 bits per heavy atom. The fourth-order valence-corrected chi connectivity index (χ4v) is 1.61. The molecule has 0 spiro atoms. The summed E-state index contributed by atoms with van der Waals surface area (Å²) in [7, 11) is 0. The van der Waals surface area contributed by atoms with Crippen LogP contribution in [0.1, 0.15) is 19.7 Å². The lowest BCUT2D eigenvalue weighted by atomic mass is 10.1. The number of aromatic nitrogens is 3. The maximum Gasteiger partial charge on any atom is 0.183 e. The third kappa shape index (κ3) is 2.84. The van der Waals surface area contributed by atoms with E-state index in [4.69, 9.17) is 0 Å². The zero-order valence-corrected chi connectivity index (χ0v) is 10.5. The first-order chi connectivity index (χ1) is 8.16. The summed E-state index contributed by atoms with van der Waals surface area (Å²) in [5.74, 6) is 2.19. The summed E-state index contributed by atoms with van der Waals surface area (Å²) in [6, 6.07) is 8.11. The summed E-state index contributed by atoms with van der Waals surface area (Å²) >= 11 is 0. The van der Waals surface area contributed by atoms with Gasteiger partial charge in [-0.3, -0.25) is 5.10 Å². The van der Waals surface area contributed by atoms with E-state index < -0.39 is 0 Å². The molecule has 0 amide bonds. The fraction of sp³-hybridized carbons (Fsp3) is 0.385. The molecule has 0 saturated heterocycles. The molecule has 1 aromatic heterocycles. The number of aryl methyl sites for hydroxylation is 1. The van der Waals surface area contributed by atoms with E-state index in [0.29, 0.717) is 5.92 Å². The van der Waals surface area contributed by atoms with Crippen LogP contribution in [0, 0.1) is 12.8 Å². The van der Waals surface area contributed by atoms with Crippen molar-refractivity contribution in [3.63, 3.8) is 0 Å². The van der Waals surface area contributed by atoms with Gasteiger partial charge in [-0.1, -0.05) is 26.0 Å². The van der Waals surface area contributed by atoms with E-state index in [0.717, 1.165) is 29.4 Å². The highest BCUT2D eigenvalue weighted by Gasteiger charge is 2.08. The Hall–Kier alpha value is -1.84. The molecule has 0 aliphatic heterocycles. The summed E-state index contributed by atoms with van der Waals surface area (Å²) in [5, 5.41) is 10.5. The Bertz CT molecular complexity index is 488. The Morgan fingerprint density at radius 1 is 1.29 bits per heavy atom. The molecular formula is C13H18N4. The summed E-state index contributed by atoms with van der Waals surface area (Å²) in [6.07, 6.45) is 0. The predicted octanol–water partition coefficient (Wildman–Crippen LogP) is 2.85. The number of rotatable bonds is 4. The summed E-state index contributed by atoms with van der Waals surface area (Å²) in [6.45, 7) is 7.22. The summed E-state index contributed by atoms with van der Waals surface area (Å²) in [5.41, 5.74) is 2.12. The monoisotopic (exact) mass is 230 g/mol. The van der Waals surface area contributed by atoms with Gasteiger partial charge in [0.15, 0.2) is 5.82 Å². The topological polar surface area (TPSA) is 53.6 Å². The number of H-pyrrole nitrogens is 1. The van der Waals surface area contributed by atoms with Crippen molar-refractivity contribution >= 4 is 5.69 Å². The van der Waals surface area contributed by atoms with Crippen LogP contribution in [0.3, 0.4) is 0 Å². The van der Waals surface area contributed by atoms with Crippen LogP contribution >= 0.6 is 0 Å². The van der Waals surface area contributed by atoms with Gasteiger partial charge in [0.25, 0.3) is 0 Å². The molecule has 1 heterocycles. The standard InChI is InChI=1S/C13H18N4/c1-9(2)8-14-12-7-5-4-6-11(12)13-15-10(3)16-17-13/h4-7,9,14H,8H2,1-3H3,(H,15,16,17). The number of anilines is 1. The van der Waals surface area contributed by atoms with E-state index in [1.807, 2.05) is 25.1 Å². The number of benzene rings is 1. The van der Waals surface area contributed by atoms with Crippen molar-refractivity contribution in [3.8, 4) is 11.4 Å². The van der Waals surface area contributed by atoms with Gasteiger partial charge < -0.3 is 5.32 Å². The van der Waals surface area contributed by atoms with E-state index >= 15 is 0 Å². The van der Waals surface area contributed by atoms with Crippen LogP contribution in [-0.4, -0.2) is 21.7 Å². The molecule has 17 heavy (non-hydrogen) atoms. The van der Waals surface area contributed by atoms with Gasteiger partial charge in [0.1, 0.15) is 5.82 Å². The number of hydrogen-bond acceptors (Lipinski definition) is 3. The zero-order chi connectivity index (χ0) is 12.3. The van der Waals surface area contributed by atoms with Gasteiger partial charge in [0, 0.05) is 17.8 Å². The van der Waals surface area contributed by atoms with Crippen molar-refractivity contribution in [2.24, 2.45) is 5.92 Å². The maximum atomic E-state index is 4.36. The molecule has 2 rings (SSSR count). The van der Waals surface area contributed by atoms with Crippen LogP contribution < -0.4 is 5.32 Å². The predicted molar refractivity (Wildman–Crippen MR) is 69.9 cm³/mol. The van der Waals surface area contributed by atoms with Gasteiger partial charge in [0.05, 0.1) is 0 Å². The van der Waals surface area contributed by atoms with Gasteiger partial charge in [-0.2, -0.15) is 5.10 Å². The first-order valence-electron chi connectivity index (χ1n) is 5.89. The molecule has 2 aromatic rings. The second-order valence-corrected chi connectivity index (χ2v) is 4.56. The fourth-order valence-electron chi connectivity index (χ4n) is 1.61. The number of hydrogen-bond donors (Lipinski definition) is 2. The molecule has 0 bridgehead atoms. The van der Waals surface area contributed by atoms with Gasteiger partial charge >= 0.3 is 0 Å². The van der Waals surface area contributed by atoms with Crippen molar-refractivity contribution in [1.82, 2.24) is 15.2 Å². The molecule has 2 N–H and O–H groups in total. The van der Waals surface area contributed by atoms with Gasteiger partial charge in [-0.05, 0) is 25.0 Å². The molecule has 0 aliphatic carbocycles. The Morgan fingerprint density at radius 3 is 2.71 bits per heavy atom. The molecule has 0 aliphatic rings. The minimum atomic E-state index is 0.608. The van der Waals surface area contributed by atoms with Crippen molar-refractivity contribution in [3.05, 3.63) is 30.1 Å². The highest BCUT2D eigenvalue weighted by atomic mass is 15.2. The van der Waals surface area contributed by atoms with Crippen LogP contribution in [-0.2, 0) is 0 Å². The maximum absolute atomic E-state index is 4.36. The lowest BCUT2D eigenvalue weighted by Crippen LogP contribution is -2.08. The average molecular weight is 230 g/mol. The molecule has 0 unspecified atom stereocenters. The molecule has 0 saturated carbocycles. The van der Waals surface area contributed by atoms with E-state index in [9.17, 15) is 0 Å². The first-order valence-corrected chi connectivity index (χ1v) is 5.89. The quantitative estimate of drug-likeness (QED) is 0.849. The van der Waals surface area contributed by atoms with Crippen molar-refractivity contribution in [2.45, 2.75) is 20.8 Å². The number of nitrogens with one attached hydrogen (secondary N) is 2. The normalized spacial score (nSPS) is 10.8. The Labute approximate surface area is 101 Å². The zero-order valence-electron chi connectivity index (χ0n) is 10.5. The van der Waals surface area contributed by atoms with Gasteiger partial charge in [-0.25, -0.2) is 4.98 Å². The first kappa shape index (κ1) is 11.6. The second kappa shape index (κ2) is 4.99. The van der Waals surface area contributed by atoms with Crippen LogP contribution in [0.15, 0.2) is 24.3 Å². The number of nitrogens with zero attached hydrogens (tertiary/aromatic N) is 2. The van der Waals surface area contributed by atoms with Crippen LogP contribution in [0.25, 0.3) is 11.4 Å². The van der Waals surface area contributed by atoms with E-state index in [2.05, 4.69) is 40.4 Å². The SMILES string of the molecule is Cc1nc(-c2ccccc2NCC(C)C)n[nH]1. The lowest BCUT2D eigenvalue weighted by Gasteiger charge is -2.11. The van der Waals surface area contributed by atoms with Crippen LogP contribution in [0.5, 0.6) is 0 Å². The Kier molecular flexibility index (Phi) is 3.42. The van der Waals surface area contributed by atoms with E-state index in [1.165, 1.54) is 0 Å². The lowest BCUT2D eigenvalue weighted by molar-refractivity contribution is 0.689. The van der Waals surface area contributed by atoms with Crippen molar-refractivity contribution in [1.29, 1.82) is 0 Å². The third-order valence-electron chi connectivity index (χ3n) is 2.47. The molecule has 0 atom stereocenters. The van der Waals surface area contributed by atoms with Crippen molar-refractivity contribution in [2.75, 3.05) is 11.9 Å². The summed E-state index contributed by atoms with van der Waals surface area (Å²) in [4.78, 5) is 4.36. The smallest absolute Gasteiger partial charge is 0.183 e. The molecule has 90 valence electrons. The second-order valence-electron chi connectivity index (χ2n) is 4.56. The summed E-state index contributed by atoms with van der Waals surface area (Å²) < 4.78 is 0. The van der Waals surface area contributed by atoms with E-state index in [-0.39, 0.29) is 0 Å². The molecule has 4 nitrogen and oxygen atoms in total. The third-order valence-corrected chi connectivity index (χ3v) is 2.47. The number of para-hydroxylation sites is 1. The highest BCUT2D eigenvalue weighted by Crippen LogP contribution is 2.24. The van der Waals surface area contributed by atoms with Crippen LogP contribution in [0.2, 0.25) is 0 Å². The van der Waals surface area contributed by atoms with E-state index in [1.54, 1.807) is 0 Å². The molecule has 1 aromatic carbocycles. The van der Waals surface area contributed by atoms with Gasteiger partial charge in [0.2, 0.25) is 0 Å². The molecule has 0 fully saturated rings. The molecule has 4 heteroatoms. The van der Waals surface area contributed by atoms with Crippen LogP contribution in [0.4, 0.5) is 5.69 Å². The molecule has 0 radical (unpaired) electrons. The number of aromatic amines is 1. The molecular weight excluding hydrogens is 212 g/mol. The minimum Gasteiger partial charge on any atom is -0.384 e. The highest BCUT2D eigenvalue weighted by molar-refractivity contribution is 5.73. The van der Waals surface area contributed by atoms with Crippen molar-refractivity contribution < 1.29 is 0 Å². The minimum absolute atomic E-state index is 0.608. The largest absolute Gasteiger partial charge is 0.384 e.